The van der Waals surface area contributed by atoms with Crippen LogP contribution in [0.2, 0.25) is 0 Å². The van der Waals surface area contributed by atoms with E-state index in [1.807, 2.05) is 48.5 Å². The first-order valence-electron chi connectivity index (χ1n) is 17.0. The van der Waals surface area contributed by atoms with Crippen LogP contribution >= 0.6 is 0 Å². The van der Waals surface area contributed by atoms with Gasteiger partial charge in [-0.3, -0.25) is 7.32 Å². The molecule has 0 saturated carbocycles. The van der Waals surface area contributed by atoms with E-state index in [0.717, 1.165) is 0 Å². The van der Waals surface area contributed by atoms with Crippen LogP contribution in [0.25, 0.3) is 44.5 Å². The Morgan fingerprint density at radius 1 is 0.182 bits per heavy atom. The van der Waals surface area contributed by atoms with E-state index in [-0.39, 0.29) is 88.7 Å². The maximum atomic E-state index is 8.42. The smallest absolute Gasteiger partial charge is 0.907 e. The summed E-state index contributed by atoms with van der Waals surface area (Å²) in [4.78, 5) is 0. The molecule has 0 amide bonds. The van der Waals surface area contributed by atoms with Gasteiger partial charge in [-0.25, -0.2) is 0 Å². The van der Waals surface area contributed by atoms with Crippen LogP contribution in [0.1, 0.15) is 0 Å². The molecule has 0 aliphatic rings. The van der Waals surface area contributed by atoms with Crippen LogP contribution in [-0.2, 0) is 0 Å². The zero-order valence-electron chi connectivity index (χ0n) is 31.9. The zero-order chi connectivity index (χ0) is 36.5. The van der Waals surface area contributed by atoms with Crippen molar-refractivity contribution >= 4 is 7.32 Å². The molecule has 8 aromatic carbocycles. The molecule has 0 N–H and O–H groups in total. The van der Waals surface area contributed by atoms with E-state index in [0.29, 0.717) is 0 Å². The van der Waals surface area contributed by atoms with Gasteiger partial charge in [0.25, 0.3) is 0 Å². The summed E-state index contributed by atoms with van der Waals surface area (Å²) in [6.07, 6.45) is 0. The fourth-order valence-electron chi connectivity index (χ4n) is 5.04. The Labute approximate surface area is 393 Å². The van der Waals surface area contributed by atoms with Gasteiger partial charge in [-0.05, 0) is 44.5 Å². The van der Waals surface area contributed by atoms with Crippen LogP contribution in [0.15, 0.2) is 243 Å². The molecular weight excluding hydrogens is 704 g/mol. The molecule has 0 radical (unpaired) electrons. The maximum absolute atomic E-state index is 8.42. The van der Waals surface area contributed by atoms with Crippen molar-refractivity contribution in [3.8, 4) is 44.5 Å². The van der Waals surface area contributed by atoms with E-state index < -0.39 is 7.32 Å². The number of hydrogen-bond donors (Lipinski definition) is 0. The van der Waals surface area contributed by atoms with E-state index >= 15 is 0 Å². The Balaban J connectivity index is 0.000000349. The average molecular weight is 745 g/mol. The quantitative estimate of drug-likeness (QED) is 0.247. The van der Waals surface area contributed by atoms with Crippen molar-refractivity contribution in [2.24, 2.45) is 0 Å². The largest absolute Gasteiger partial charge is 1.00 e. The van der Waals surface area contributed by atoms with Gasteiger partial charge in [-0.2, -0.15) is 0 Å². The van der Waals surface area contributed by atoms with Gasteiger partial charge in [0.05, 0.1) is 0 Å². The molecule has 0 bridgehead atoms. The SMILES string of the molecule is [Na+].[Na+].[Na+].[O-]B([O-])[O-].c1ccc(-c2ccccc2)cc1.c1ccc(-c2ccccc2)cc1.c1ccc(-c2ccccc2)cc1.c1ccc(-c2ccccc2)cc1. The molecule has 8 aromatic rings. The van der Waals surface area contributed by atoms with Crippen LogP contribution in [0.3, 0.4) is 0 Å². The molecule has 256 valence electrons. The van der Waals surface area contributed by atoms with Crippen molar-refractivity contribution < 1.29 is 104 Å². The Hall–Kier alpha value is -3.30. The molecule has 0 aromatic heterocycles. The molecule has 7 heteroatoms. The third-order valence-electron chi connectivity index (χ3n) is 7.52. The first-order valence-corrected chi connectivity index (χ1v) is 17.0. The summed E-state index contributed by atoms with van der Waals surface area (Å²) in [6.45, 7) is 0. The van der Waals surface area contributed by atoms with Gasteiger partial charge in [-0.1, -0.05) is 243 Å². The second-order valence-electron chi connectivity index (χ2n) is 11.2. The summed E-state index contributed by atoms with van der Waals surface area (Å²) in [5.41, 5.74) is 10.2. The number of hydrogen-bond acceptors (Lipinski definition) is 3. The third kappa shape index (κ3) is 20.4. The predicted octanol–water partition coefficient (Wildman–Crippen LogP) is 0.479. The molecular formula is C48H40BNa3O3. The van der Waals surface area contributed by atoms with E-state index in [1.54, 1.807) is 0 Å². The van der Waals surface area contributed by atoms with Crippen molar-refractivity contribution in [3.63, 3.8) is 0 Å². The van der Waals surface area contributed by atoms with Crippen LogP contribution in [0.5, 0.6) is 0 Å². The first kappa shape index (κ1) is 49.7. The van der Waals surface area contributed by atoms with Crippen LogP contribution < -0.4 is 104 Å². The molecule has 0 aliphatic heterocycles. The second kappa shape index (κ2) is 30.9. The Morgan fingerprint density at radius 3 is 0.327 bits per heavy atom. The summed E-state index contributed by atoms with van der Waals surface area (Å²) in [5, 5.41) is 25.2. The molecule has 0 spiro atoms. The van der Waals surface area contributed by atoms with E-state index in [4.69, 9.17) is 15.1 Å². The number of benzene rings is 8. The molecule has 0 atom stereocenters. The first-order chi connectivity index (χ1) is 25.6. The minimum absolute atomic E-state index is 0. The van der Waals surface area contributed by atoms with Gasteiger partial charge < -0.3 is 15.1 Å². The van der Waals surface area contributed by atoms with Crippen molar-refractivity contribution in [2.75, 3.05) is 0 Å². The topological polar surface area (TPSA) is 69.2 Å². The van der Waals surface area contributed by atoms with Gasteiger partial charge in [-0.15, -0.1) is 0 Å². The fourth-order valence-corrected chi connectivity index (χ4v) is 5.04. The Morgan fingerprint density at radius 2 is 0.255 bits per heavy atom. The summed E-state index contributed by atoms with van der Waals surface area (Å²) in [6, 6.07) is 83.1. The molecule has 0 aliphatic carbocycles. The normalized spacial score (nSPS) is 8.93. The third-order valence-corrected chi connectivity index (χ3v) is 7.52. The van der Waals surface area contributed by atoms with Gasteiger partial charge in [0.15, 0.2) is 0 Å². The van der Waals surface area contributed by atoms with Crippen molar-refractivity contribution in [3.05, 3.63) is 243 Å². The maximum Gasteiger partial charge on any atom is 1.00 e. The summed E-state index contributed by atoms with van der Waals surface area (Å²) in [7, 11) is -2.92. The summed E-state index contributed by atoms with van der Waals surface area (Å²) in [5.74, 6) is 0. The Kier molecular flexibility index (Phi) is 27.9. The molecule has 55 heavy (non-hydrogen) atoms. The van der Waals surface area contributed by atoms with E-state index in [9.17, 15) is 0 Å². The minimum Gasteiger partial charge on any atom is -0.907 e. The molecule has 0 saturated heterocycles. The van der Waals surface area contributed by atoms with Gasteiger partial charge >= 0.3 is 88.7 Å². The Bertz CT molecular complexity index is 1580. The van der Waals surface area contributed by atoms with Gasteiger partial charge in [0, 0.05) is 0 Å². The number of rotatable bonds is 4. The monoisotopic (exact) mass is 744 g/mol. The average Bonchev–Trinajstić information content (AvgIpc) is 3.24. The van der Waals surface area contributed by atoms with Crippen LogP contribution in [-0.4, -0.2) is 7.32 Å². The molecule has 0 unspecified atom stereocenters. The minimum atomic E-state index is -2.92. The molecule has 0 heterocycles. The standard InChI is InChI=1S/4C12H10.BO3.3Na/c4*1-3-7-11(8-4-1)12-9-5-2-6-10-12;2-1(3)4;;;/h4*1-10H;;;;/q;;;;-3;3*+1. The summed E-state index contributed by atoms with van der Waals surface area (Å²) < 4.78 is 0. The van der Waals surface area contributed by atoms with Gasteiger partial charge in [0.2, 0.25) is 0 Å². The molecule has 8 rings (SSSR count). The molecule has 0 fully saturated rings. The second-order valence-corrected chi connectivity index (χ2v) is 11.2. The van der Waals surface area contributed by atoms with E-state index in [2.05, 4.69) is 194 Å². The predicted molar refractivity (Wildman–Crippen MR) is 213 cm³/mol. The van der Waals surface area contributed by atoms with Crippen molar-refractivity contribution in [1.82, 2.24) is 0 Å². The summed E-state index contributed by atoms with van der Waals surface area (Å²) >= 11 is 0. The van der Waals surface area contributed by atoms with Crippen molar-refractivity contribution in [1.29, 1.82) is 0 Å². The zero-order valence-corrected chi connectivity index (χ0v) is 37.9. The van der Waals surface area contributed by atoms with Crippen LogP contribution in [0.4, 0.5) is 0 Å². The van der Waals surface area contributed by atoms with E-state index in [1.165, 1.54) is 44.5 Å². The fraction of sp³-hybridized carbons (Fsp3) is 0. The van der Waals surface area contributed by atoms with Crippen molar-refractivity contribution in [2.45, 2.75) is 0 Å². The van der Waals surface area contributed by atoms with Crippen LogP contribution in [0, 0.1) is 0 Å². The van der Waals surface area contributed by atoms with Gasteiger partial charge in [0.1, 0.15) is 0 Å². The molecule has 3 nitrogen and oxygen atoms in total.